The van der Waals surface area contributed by atoms with Crippen molar-refractivity contribution in [3.8, 4) is 0 Å². The predicted molar refractivity (Wildman–Crippen MR) is 56.3 cm³/mol. The van der Waals surface area contributed by atoms with Crippen molar-refractivity contribution in [2.45, 2.75) is 13.8 Å². The molecule has 0 atom stereocenters. The SMILES string of the molecule is COC(C)=CC(=O)c1ccc(C)cc1. The second-order valence-corrected chi connectivity index (χ2v) is 3.19. The Labute approximate surface area is 84.2 Å². The highest BCUT2D eigenvalue weighted by Crippen LogP contribution is 2.06. The summed E-state index contributed by atoms with van der Waals surface area (Å²) in [5, 5.41) is 0. The molecule has 0 spiro atoms. The summed E-state index contributed by atoms with van der Waals surface area (Å²) in [6, 6.07) is 7.47. The molecule has 0 aliphatic rings. The van der Waals surface area contributed by atoms with Crippen LogP contribution in [-0.2, 0) is 4.74 Å². The summed E-state index contributed by atoms with van der Waals surface area (Å²) in [4.78, 5) is 11.6. The minimum atomic E-state index is -0.0237. The molecule has 0 unspecified atom stereocenters. The third-order valence-corrected chi connectivity index (χ3v) is 1.99. The number of rotatable bonds is 3. The van der Waals surface area contributed by atoms with E-state index in [0.717, 1.165) is 5.56 Å². The number of hydrogen-bond donors (Lipinski definition) is 0. The zero-order valence-corrected chi connectivity index (χ0v) is 8.70. The maximum atomic E-state index is 11.6. The molecular weight excluding hydrogens is 176 g/mol. The van der Waals surface area contributed by atoms with Crippen LogP contribution in [-0.4, -0.2) is 12.9 Å². The number of ether oxygens (including phenoxy) is 1. The van der Waals surface area contributed by atoms with E-state index in [-0.39, 0.29) is 5.78 Å². The molecule has 1 rings (SSSR count). The van der Waals surface area contributed by atoms with Crippen LogP contribution in [0.5, 0.6) is 0 Å². The first-order valence-electron chi connectivity index (χ1n) is 4.47. The van der Waals surface area contributed by atoms with Crippen LogP contribution in [0.15, 0.2) is 36.1 Å². The average Bonchev–Trinajstić information content (AvgIpc) is 2.18. The molecule has 2 heteroatoms. The van der Waals surface area contributed by atoms with Gasteiger partial charge in [-0.15, -0.1) is 0 Å². The number of allylic oxidation sites excluding steroid dienone is 2. The molecule has 0 aromatic heterocycles. The number of hydrogen-bond acceptors (Lipinski definition) is 2. The van der Waals surface area contributed by atoms with E-state index < -0.39 is 0 Å². The number of ketones is 1. The van der Waals surface area contributed by atoms with Gasteiger partial charge >= 0.3 is 0 Å². The first kappa shape index (κ1) is 10.5. The Balaban J connectivity index is 2.85. The maximum absolute atomic E-state index is 11.6. The first-order chi connectivity index (χ1) is 6.63. The van der Waals surface area contributed by atoms with Gasteiger partial charge in [0.1, 0.15) is 0 Å². The van der Waals surface area contributed by atoms with Crippen molar-refractivity contribution in [3.63, 3.8) is 0 Å². The third kappa shape index (κ3) is 2.73. The van der Waals surface area contributed by atoms with Gasteiger partial charge < -0.3 is 4.74 Å². The van der Waals surface area contributed by atoms with E-state index >= 15 is 0 Å². The Bertz CT molecular complexity index is 347. The standard InChI is InChI=1S/C12H14O2/c1-9-4-6-11(7-5-9)12(13)8-10(2)14-3/h4-8H,1-3H3. The lowest BCUT2D eigenvalue weighted by molar-refractivity contribution is 0.104. The molecule has 74 valence electrons. The molecule has 0 fully saturated rings. The molecule has 0 heterocycles. The molecule has 0 saturated heterocycles. The summed E-state index contributed by atoms with van der Waals surface area (Å²) >= 11 is 0. The monoisotopic (exact) mass is 190 g/mol. The highest BCUT2D eigenvalue weighted by molar-refractivity contribution is 6.04. The Kier molecular flexibility index (Phi) is 3.46. The molecule has 0 amide bonds. The summed E-state index contributed by atoms with van der Waals surface area (Å²) in [6.45, 7) is 3.75. The summed E-state index contributed by atoms with van der Waals surface area (Å²) in [6.07, 6.45) is 1.49. The average molecular weight is 190 g/mol. The molecule has 0 N–H and O–H groups in total. The summed E-state index contributed by atoms with van der Waals surface area (Å²) in [5.41, 5.74) is 1.83. The van der Waals surface area contributed by atoms with Crippen LogP contribution in [0.4, 0.5) is 0 Å². The van der Waals surface area contributed by atoms with Gasteiger partial charge in [0.05, 0.1) is 12.9 Å². The van der Waals surface area contributed by atoms with Crippen molar-refractivity contribution in [2.75, 3.05) is 7.11 Å². The Morgan fingerprint density at radius 2 is 1.86 bits per heavy atom. The van der Waals surface area contributed by atoms with Gasteiger partial charge in [-0.05, 0) is 13.8 Å². The lowest BCUT2D eigenvalue weighted by Crippen LogP contribution is -1.96. The lowest BCUT2D eigenvalue weighted by atomic mass is 10.1. The van der Waals surface area contributed by atoms with Crippen LogP contribution in [0.25, 0.3) is 0 Å². The van der Waals surface area contributed by atoms with Gasteiger partial charge in [0.2, 0.25) is 0 Å². The van der Waals surface area contributed by atoms with E-state index in [1.165, 1.54) is 6.08 Å². The Morgan fingerprint density at radius 1 is 1.29 bits per heavy atom. The number of carbonyl (C=O) groups is 1. The quantitative estimate of drug-likeness (QED) is 0.416. The van der Waals surface area contributed by atoms with E-state index in [4.69, 9.17) is 4.74 Å². The number of benzene rings is 1. The fourth-order valence-electron chi connectivity index (χ4n) is 1.04. The van der Waals surface area contributed by atoms with Crippen LogP contribution < -0.4 is 0 Å². The fourth-order valence-corrected chi connectivity index (χ4v) is 1.04. The second kappa shape index (κ2) is 4.61. The minimum absolute atomic E-state index is 0.0237. The maximum Gasteiger partial charge on any atom is 0.189 e. The molecule has 0 aliphatic carbocycles. The predicted octanol–water partition coefficient (Wildman–Crippen LogP) is 2.73. The van der Waals surface area contributed by atoms with Gasteiger partial charge in [0.15, 0.2) is 5.78 Å². The van der Waals surface area contributed by atoms with Crippen LogP contribution in [0, 0.1) is 6.92 Å². The largest absolute Gasteiger partial charge is 0.501 e. The van der Waals surface area contributed by atoms with Gasteiger partial charge in [-0.2, -0.15) is 0 Å². The number of carbonyl (C=O) groups excluding carboxylic acids is 1. The van der Waals surface area contributed by atoms with Gasteiger partial charge in [-0.1, -0.05) is 29.8 Å². The molecular formula is C12H14O2. The van der Waals surface area contributed by atoms with Gasteiger partial charge in [0.25, 0.3) is 0 Å². The third-order valence-electron chi connectivity index (χ3n) is 1.99. The van der Waals surface area contributed by atoms with Crippen molar-refractivity contribution in [3.05, 3.63) is 47.2 Å². The second-order valence-electron chi connectivity index (χ2n) is 3.19. The molecule has 0 bridgehead atoms. The van der Waals surface area contributed by atoms with E-state index in [2.05, 4.69) is 0 Å². The van der Waals surface area contributed by atoms with E-state index in [1.807, 2.05) is 31.2 Å². The lowest BCUT2D eigenvalue weighted by Gasteiger charge is -1.99. The van der Waals surface area contributed by atoms with Gasteiger partial charge in [0, 0.05) is 11.6 Å². The minimum Gasteiger partial charge on any atom is -0.501 e. The smallest absolute Gasteiger partial charge is 0.189 e. The van der Waals surface area contributed by atoms with E-state index in [9.17, 15) is 4.79 Å². The van der Waals surface area contributed by atoms with Crippen molar-refractivity contribution >= 4 is 5.78 Å². The zero-order chi connectivity index (χ0) is 10.6. The molecule has 0 saturated carbocycles. The molecule has 0 radical (unpaired) electrons. The highest BCUT2D eigenvalue weighted by atomic mass is 16.5. The van der Waals surface area contributed by atoms with E-state index in [0.29, 0.717) is 11.3 Å². The molecule has 1 aromatic rings. The number of aryl methyl sites for hydroxylation is 1. The summed E-state index contributed by atoms with van der Waals surface area (Å²) in [7, 11) is 1.55. The van der Waals surface area contributed by atoms with Crippen LogP contribution in [0.1, 0.15) is 22.8 Å². The Hall–Kier alpha value is -1.57. The normalized spacial score (nSPS) is 11.2. The topological polar surface area (TPSA) is 26.3 Å². The molecule has 14 heavy (non-hydrogen) atoms. The van der Waals surface area contributed by atoms with Crippen molar-refractivity contribution in [1.29, 1.82) is 0 Å². The molecule has 2 nitrogen and oxygen atoms in total. The highest BCUT2D eigenvalue weighted by Gasteiger charge is 2.02. The van der Waals surface area contributed by atoms with Gasteiger partial charge in [-0.25, -0.2) is 0 Å². The Morgan fingerprint density at radius 3 is 2.36 bits per heavy atom. The van der Waals surface area contributed by atoms with Crippen LogP contribution in [0.2, 0.25) is 0 Å². The van der Waals surface area contributed by atoms with Crippen LogP contribution >= 0.6 is 0 Å². The summed E-state index contributed by atoms with van der Waals surface area (Å²) in [5.74, 6) is 0.597. The number of methoxy groups -OCH3 is 1. The van der Waals surface area contributed by atoms with Crippen LogP contribution in [0.3, 0.4) is 0 Å². The van der Waals surface area contributed by atoms with E-state index in [1.54, 1.807) is 14.0 Å². The summed E-state index contributed by atoms with van der Waals surface area (Å²) < 4.78 is 4.91. The van der Waals surface area contributed by atoms with Crippen molar-refractivity contribution in [2.24, 2.45) is 0 Å². The fraction of sp³-hybridized carbons (Fsp3) is 0.250. The molecule has 0 aliphatic heterocycles. The first-order valence-corrected chi connectivity index (χ1v) is 4.47. The van der Waals surface area contributed by atoms with Crippen molar-refractivity contribution in [1.82, 2.24) is 0 Å². The molecule has 1 aromatic carbocycles. The zero-order valence-electron chi connectivity index (χ0n) is 8.70. The van der Waals surface area contributed by atoms with Crippen molar-refractivity contribution < 1.29 is 9.53 Å². The van der Waals surface area contributed by atoms with Gasteiger partial charge in [-0.3, -0.25) is 4.79 Å².